The van der Waals surface area contributed by atoms with Gasteiger partial charge in [-0.3, -0.25) is 9.59 Å². The lowest BCUT2D eigenvalue weighted by Crippen LogP contribution is -2.01. The Balaban J connectivity index is 2.30. The number of Topliss-reactive ketones (excluding diaryl/α,β-unsaturated/α-hetero) is 1. The molecule has 0 saturated carbocycles. The summed E-state index contributed by atoms with van der Waals surface area (Å²) in [6.45, 7) is 1.79. The molecule has 1 heterocycles. The number of carboxylic acid groups (broad SMARTS) is 1. The first-order chi connectivity index (χ1) is 8.47. The molecule has 0 aliphatic rings. The van der Waals surface area contributed by atoms with E-state index in [1.54, 1.807) is 19.1 Å². The maximum absolute atomic E-state index is 11.8. The van der Waals surface area contributed by atoms with Gasteiger partial charge in [-0.15, -0.1) is 11.3 Å². The number of rotatable bonds is 4. The van der Waals surface area contributed by atoms with Gasteiger partial charge in [0.1, 0.15) is 5.75 Å². The molecule has 2 N–H and O–H groups in total. The minimum Gasteiger partial charge on any atom is -0.508 e. The van der Waals surface area contributed by atoms with Crippen LogP contribution in [0, 0.1) is 6.92 Å². The first-order valence-corrected chi connectivity index (χ1v) is 6.27. The largest absolute Gasteiger partial charge is 0.508 e. The lowest BCUT2D eigenvalue weighted by Gasteiger charge is -1.96. The van der Waals surface area contributed by atoms with E-state index in [2.05, 4.69) is 0 Å². The van der Waals surface area contributed by atoms with Gasteiger partial charge in [-0.1, -0.05) is 0 Å². The Morgan fingerprint density at radius 1 is 1.22 bits per heavy atom. The highest BCUT2D eigenvalue weighted by Gasteiger charge is 2.13. The molecule has 94 valence electrons. The molecule has 4 nitrogen and oxygen atoms in total. The Morgan fingerprint density at radius 2 is 1.94 bits per heavy atom. The number of benzene rings is 1. The normalized spacial score (nSPS) is 10.7. The molecule has 2 aromatic rings. The number of phenols is 1. The molecule has 0 bridgehead atoms. The van der Waals surface area contributed by atoms with Crippen LogP contribution in [0.2, 0.25) is 0 Å². The van der Waals surface area contributed by atoms with E-state index in [0.29, 0.717) is 4.88 Å². The second kappa shape index (κ2) is 4.78. The van der Waals surface area contributed by atoms with Crippen LogP contribution in [0.25, 0.3) is 10.1 Å². The number of thiophene rings is 1. The van der Waals surface area contributed by atoms with E-state index < -0.39 is 5.97 Å². The predicted molar refractivity (Wildman–Crippen MR) is 69.4 cm³/mol. The molecule has 0 radical (unpaired) electrons. The maximum atomic E-state index is 11.8. The Hall–Kier alpha value is -1.88. The van der Waals surface area contributed by atoms with E-state index in [9.17, 15) is 14.7 Å². The zero-order chi connectivity index (χ0) is 13.3. The van der Waals surface area contributed by atoms with Gasteiger partial charge in [-0.05, 0) is 36.1 Å². The molecule has 0 atom stereocenters. The average Bonchev–Trinajstić information content (AvgIpc) is 2.69. The van der Waals surface area contributed by atoms with Crippen molar-refractivity contribution in [1.29, 1.82) is 0 Å². The van der Waals surface area contributed by atoms with Gasteiger partial charge < -0.3 is 10.2 Å². The van der Waals surface area contributed by atoms with Gasteiger partial charge >= 0.3 is 5.97 Å². The molecule has 5 heteroatoms. The molecule has 0 amide bonds. The molecular weight excluding hydrogens is 252 g/mol. The summed E-state index contributed by atoms with van der Waals surface area (Å²) in [6, 6.07) is 5.14. The van der Waals surface area contributed by atoms with Gasteiger partial charge in [0.2, 0.25) is 0 Å². The van der Waals surface area contributed by atoms with Crippen molar-refractivity contribution in [2.75, 3.05) is 0 Å². The van der Waals surface area contributed by atoms with Crippen LogP contribution < -0.4 is 0 Å². The van der Waals surface area contributed by atoms with Gasteiger partial charge in [0.05, 0.1) is 11.3 Å². The molecule has 0 unspecified atom stereocenters. The number of aromatic hydroxyl groups is 1. The number of carbonyl (C=O) groups is 2. The summed E-state index contributed by atoms with van der Waals surface area (Å²) in [4.78, 5) is 22.7. The zero-order valence-electron chi connectivity index (χ0n) is 9.77. The minimum absolute atomic E-state index is 0.00706. The number of ketones is 1. The highest BCUT2D eigenvalue weighted by atomic mass is 32.1. The van der Waals surface area contributed by atoms with Crippen LogP contribution in [0.3, 0.4) is 0 Å². The number of carbonyl (C=O) groups excluding carboxylic acids is 1. The van der Waals surface area contributed by atoms with Gasteiger partial charge in [0.15, 0.2) is 5.78 Å². The number of carboxylic acids is 1. The lowest BCUT2D eigenvalue weighted by molar-refractivity contribution is -0.136. The fourth-order valence-electron chi connectivity index (χ4n) is 1.66. The zero-order valence-corrected chi connectivity index (χ0v) is 10.6. The molecule has 0 aliphatic carbocycles. The van der Waals surface area contributed by atoms with Crippen molar-refractivity contribution >= 4 is 33.2 Å². The molecule has 2 rings (SSSR count). The van der Waals surface area contributed by atoms with Crippen LogP contribution in [-0.4, -0.2) is 22.0 Å². The second-order valence-corrected chi connectivity index (χ2v) is 5.19. The third kappa shape index (κ3) is 2.51. The van der Waals surface area contributed by atoms with Gasteiger partial charge in [0, 0.05) is 11.1 Å². The standard InChI is InChI=1S/C13H12O4S/c1-7-4-11-8(5-10(7)15)6-12(18-11)9(14)2-3-13(16)17/h4-6,15H,2-3H2,1H3,(H,16,17). The highest BCUT2D eigenvalue weighted by molar-refractivity contribution is 7.20. The predicted octanol–water partition coefficient (Wildman–Crippen LogP) is 2.96. The van der Waals surface area contributed by atoms with Crippen LogP contribution in [0.4, 0.5) is 0 Å². The van der Waals surface area contributed by atoms with Crippen molar-refractivity contribution in [3.8, 4) is 5.75 Å². The smallest absolute Gasteiger partial charge is 0.303 e. The number of phenolic OH excluding ortho intramolecular Hbond substituents is 1. The maximum Gasteiger partial charge on any atom is 0.303 e. The number of hydrogen-bond donors (Lipinski definition) is 2. The minimum atomic E-state index is -0.974. The van der Waals surface area contributed by atoms with Crippen molar-refractivity contribution < 1.29 is 19.8 Å². The molecule has 0 aliphatic heterocycles. The van der Waals surface area contributed by atoms with Crippen LogP contribution in [0.1, 0.15) is 28.1 Å². The van der Waals surface area contributed by atoms with E-state index in [1.165, 1.54) is 11.3 Å². The van der Waals surface area contributed by atoms with Crippen molar-refractivity contribution in [3.05, 3.63) is 28.6 Å². The first-order valence-electron chi connectivity index (χ1n) is 5.45. The second-order valence-electron chi connectivity index (χ2n) is 4.10. The van der Waals surface area contributed by atoms with Crippen molar-refractivity contribution in [2.45, 2.75) is 19.8 Å². The van der Waals surface area contributed by atoms with E-state index in [-0.39, 0.29) is 24.4 Å². The van der Waals surface area contributed by atoms with E-state index >= 15 is 0 Å². The molecule has 0 saturated heterocycles. The van der Waals surface area contributed by atoms with Crippen LogP contribution in [0.15, 0.2) is 18.2 Å². The summed E-state index contributed by atoms with van der Waals surface area (Å²) in [7, 11) is 0. The summed E-state index contributed by atoms with van der Waals surface area (Å²) in [5, 5.41) is 18.9. The van der Waals surface area contributed by atoms with E-state index in [1.807, 2.05) is 6.07 Å². The van der Waals surface area contributed by atoms with Gasteiger partial charge in [-0.2, -0.15) is 0 Å². The number of aliphatic carboxylic acids is 1. The summed E-state index contributed by atoms with van der Waals surface area (Å²) in [6.07, 6.45) is -0.148. The third-order valence-electron chi connectivity index (χ3n) is 2.68. The fraction of sp³-hybridized carbons (Fsp3) is 0.231. The van der Waals surface area contributed by atoms with Crippen molar-refractivity contribution in [1.82, 2.24) is 0 Å². The van der Waals surface area contributed by atoms with Crippen molar-refractivity contribution in [2.24, 2.45) is 0 Å². The number of hydrogen-bond acceptors (Lipinski definition) is 4. The van der Waals surface area contributed by atoms with E-state index in [4.69, 9.17) is 5.11 Å². The fourth-order valence-corrected chi connectivity index (χ4v) is 2.77. The highest BCUT2D eigenvalue weighted by Crippen LogP contribution is 2.31. The van der Waals surface area contributed by atoms with Crippen LogP contribution in [-0.2, 0) is 4.79 Å². The summed E-state index contributed by atoms with van der Waals surface area (Å²) in [5.74, 6) is -0.946. The van der Waals surface area contributed by atoms with Crippen LogP contribution in [0.5, 0.6) is 5.75 Å². The summed E-state index contributed by atoms with van der Waals surface area (Å²) in [5.41, 5.74) is 0.758. The van der Waals surface area contributed by atoms with Gasteiger partial charge in [0.25, 0.3) is 0 Å². The number of fused-ring (bicyclic) bond motifs is 1. The van der Waals surface area contributed by atoms with Gasteiger partial charge in [-0.25, -0.2) is 0 Å². The Kier molecular flexibility index (Phi) is 3.34. The monoisotopic (exact) mass is 264 g/mol. The lowest BCUT2D eigenvalue weighted by atomic mass is 10.1. The Morgan fingerprint density at radius 3 is 2.61 bits per heavy atom. The third-order valence-corrected chi connectivity index (χ3v) is 3.81. The molecule has 0 fully saturated rings. The average molecular weight is 264 g/mol. The van der Waals surface area contributed by atoms with E-state index in [0.717, 1.165) is 15.6 Å². The Labute approximate surface area is 107 Å². The molecule has 1 aromatic heterocycles. The summed E-state index contributed by atoms with van der Waals surface area (Å²) >= 11 is 1.33. The molecule has 18 heavy (non-hydrogen) atoms. The van der Waals surface area contributed by atoms with Crippen molar-refractivity contribution in [3.63, 3.8) is 0 Å². The Bertz CT molecular complexity index is 588. The molecule has 0 spiro atoms. The molecule has 1 aromatic carbocycles. The quantitative estimate of drug-likeness (QED) is 0.832. The topological polar surface area (TPSA) is 74.6 Å². The molecular formula is C13H12O4S. The number of aryl methyl sites for hydroxylation is 1. The SMILES string of the molecule is Cc1cc2sc(C(=O)CCC(=O)O)cc2cc1O. The van der Waals surface area contributed by atoms with Crippen LogP contribution >= 0.6 is 11.3 Å². The first kappa shape index (κ1) is 12.6. The summed E-state index contributed by atoms with van der Waals surface area (Å²) < 4.78 is 0.920.